The number of rotatable bonds is 3. The van der Waals surface area contributed by atoms with Crippen LogP contribution < -0.4 is 10.4 Å². The minimum atomic E-state index is -3.48. The van der Waals surface area contributed by atoms with Gasteiger partial charge in [-0.2, -0.15) is 0 Å². The third-order valence-electron chi connectivity index (χ3n) is 3.45. The fraction of sp³-hybridized carbons (Fsp3) is 0.417. The predicted molar refractivity (Wildman–Crippen MR) is 71.5 cm³/mol. The summed E-state index contributed by atoms with van der Waals surface area (Å²) in [5, 5.41) is 0. The van der Waals surface area contributed by atoms with Gasteiger partial charge in [-0.1, -0.05) is 0 Å². The molecule has 7 heteroatoms. The van der Waals surface area contributed by atoms with Crippen molar-refractivity contribution in [2.75, 3.05) is 0 Å². The summed E-state index contributed by atoms with van der Waals surface area (Å²) in [6, 6.07) is 4.81. The molecule has 1 aliphatic rings. The van der Waals surface area contributed by atoms with Crippen molar-refractivity contribution in [2.45, 2.75) is 23.8 Å². The maximum absolute atomic E-state index is 12.1. The fourth-order valence-corrected chi connectivity index (χ4v) is 3.47. The van der Waals surface area contributed by atoms with Crippen LogP contribution in [-0.2, 0) is 24.1 Å². The molecule has 2 aromatic rings. The van der Waals surface area contributed by atoms with Crippen LogP contribution in [0.5, 0.6) is 0 Å². The minimum Gasteiger partial charge on any atom is -0.295 e. The van der Waals surface area contributed by atoms with Crippen molar-refractivity contribution in [1.29, 1.82) is 0 Å². The lowest BCUT2D eigenvalue weighted by Crippen LogP contribution is -2.25. The molecule has 102 valence electrons. The van der Waals surface area contributed by atoms with Crippen LogP contribution in [0.1, 0.15) is 12.8 Å². The fourth-order valence-electron chi connectivity index (χ4n) is 2.14. The highest BCUT2D eigenvalue weighted by atomic mass is 32.2. The molecule has 0 unspecified atom stereocenters. The highest BCUT2D eigenvalue weighted by Crippen LogP contribution is 2.23. The zero-order chi connectivity index (χ0) is 13.8. The number of fused-ring (bicyclic) bond motifs is 1. The normalized spacial score (nSPS) is 16.1. The second-order valence-corrected chi connectivity index (χ2v) is 6.66. The molecule has 0 saturated heterocycles. The largest absolute Gasteiger partial charge is 0.328 e. The molecule has 1 aliphatic carbocycles. The van der Waals surface area contributed by atoms with Gasteiger partial charge in [-0.3, -0.25) is 9.13 Å². The summed E-state index contributed by atoms with van der Waals surface area (Å²) in [6.07, 6.45) is 1.79. The summed E-state index contributed by atoms with van der Waals surface area (Å²) in [7, 11) is -0.181. The van der Waals surface area contributed by atoms with E-state index in [1.165, 1.54) is 15.2 Å². The first-order valence-corrected chi connectivity index (χ1v) is 7.56. The number of nitrogens with zero attached hydrogens (tertiary/aromatic N) is 2. The third kappa shape index (κ3) is 1.98. The monoisotopic (exact) mass is 281 g/mol. The Morgan fingerprint density at radius 3 is 2.42 bits per heavy atom. The van der Waals surface area contributed by atoms with E-state index in [1.54, 1.807) is 26.2 Å². The summed E-state index contributed by atoms with van der Waals surface area (Å²) in [6.45, 7) is 0. The van der Waals surface area contributed by atoms with Gasteiger partial charge in [0.25, 0.3) is 0 Å². The molecular formula is C12H15N3O3S. The van der Waals surface area contributed by atoms with Crippen molar-refractivity contribution in [2.24, 2.45) is 14.1 Å². The van der Waals surface area contributed by atoms with Crippen LogP contribution in [0.2, 0.25) is 0 Å². The van der Waals surface area contributed by atoms with E-state index in [-0.39, 0.29) is 16.6 Å². The van der Waals surface area contributed by atoms with Gasteiger partial charge in [-0.25, -0.2) is 17.9 Å². The molecule has 1 aromatic carbocycles. The topological polar surface area (TPSA) is 73.1 Å². The number of sulfonamides is 1. The van der Waals surface area contributed by atoms with Gasteiger partial charge in [-0.05, 0) is 31.0 Å². The summed E-state index contributed by atoms with van der Waals surface area (Å²) in [5.74, 6) is 0. The van der Waals surface area contributed by atoms with Gasteiger partial charge >= 0.3 is 5.69 Å². The molecule has 0 amide bonds. The molecule has 3 rings (SSSR count). The second kappa shape index (κ2) is 3.94. The zero-order valence-corrected chi connectivity index (χ0v) is 11.6. The maximum atomic E-state index is 12.1. The van der Waals surface area contributed by atoms with Crippen molar-refractivity contribution < 1.29 is 8.42 Å². The van der Waals surface area contributed by atoms with E-state index in [0.29, 0.717) is 5.52 Å². The summed E-state index contributed by atoms with van der Waals surface area (Å²) in [4.78, 5) is 12.0. The third-order valence-corrected chi connectivity index (χ3v) is 4.97. The van der Waals surface area contributed by atoms with Crippen LogP contribution in [0, 0.1) is 0 Å². The molecule has 1 heterocycles. The van der Waals surface area contributed by atoms with Crippen LogP contribution in [0.4, 0.5) is 0 Å². The van der Waals surface area contributed by atoms with Crippen LogP contribution in [0.25, 0.3) is 11.0 Å². The Kier molecular flexibility index (Phi) is 2.58. The Morgan fingerprint density at radius 2 is 1.79 bits per heavy atom. The molecule has 1 fully saturated rings. The van der Waals surface area contributed by atoms with E-state index >= 15 is 0 Å². The second-order valence-electron chi connectivity index (χ2n) is 4.95. The Bertz CT molecular complexity index is 813. The first-order valence-electron chi connectivity index (χ1n) is 6.08. The van der Waals surface area contributed by atoms with Crippen LogP contribution in [-0.4, -0.2) is 23.6 Å². The van der Waals surface area contributed by atoms with E-state index in [0.717, 1.165) is 18.4 Å². The average molecular weight is 281 g/mol. The van der Waals surface area contributed by atoms with Crippen LogP contribution in [0.15, 0.2) is 27.9 Å². The Labute approximate surface area is 110 Å². The number of hydrogen-bond donors (Lipinski definition) is 1. The number of imidazole rings is 1. The van der Waals surface area contributed by atoms with Gasteiger partial charge in [-0.15, -0.1) is 0 Å². The van der Waals surface area contributed by atoms with Crippen LogP contribution >= 0.6 is 0 Å². The average Bonchev–Trinajstić information content (AvgIpc) is 3.15. The van der Waals surface area contributed by atoms with E-state index < -0.39 is 10.0 Å². The molecule has 1 aromatic heterocycles. The predicted octanol–water partition coefficient (Wildman–Crippen LogP) is 0.318. The summed E-state index contributed by atoms with van der Waals surface area (Å²) < 4.78 is 29.8. The van der Waals surface area contributed by atoms with E-state index in [9.17, 15) is 13.2 Å². The smallest absolute Gasteiger partial charge is 0.295 e. The first-order chi connectivity index (χ1) is 8.90. The molecule has 0 spiro atoms. The first kappa shape index (κ1) is 12.4. The lowest BCUT2D eigenvalue weighted by atomic mass is 10.3. The van der Waals surface area contributed by atoms with E-state index in [1.807, 2.05) is 0 Å². The number of benzene rings is 1. The van der Waals surface area contributed by atoms with E-state index in [4.69, 9.17) is 0 Å². The van der Waals surface area contributed by atoms with Crippen molar-refractivity contribution in [3.05, 3.63) is 28.7 Å². The Morgan fingerprint density at radius 1 is 1.16 bits per heavy atom. The van der Waals surface area contributed by atoms with Crippen molar-refractivity contribution in [1.82, 2.24) is 13.9 Å². The van der Waals surface area contributed by atoms with Gasteiger partial charge in [0.15, 0.2) is 0 Å². The maximum Gasteiger partial charge on any atom is 0.328 e. The lowest BCUT2D eigenvalue weighted by Gasteiger charge is -2.05. The molecule has 6 nitrogen and oxygen atoms in total. The lowest BCUT2D eigenvalue weighted by molar-refractivity contribution is 0.581. The zero-order valence-electron chi connectivity index (χ0n) is 10.8. The standard InChI is InChI=1S/C12H15N3O3S/c1-14-10-6-5-9(7-11(10)15(2)12(14)16)19(17,18)13-8-3-4-8/h5-8,13H,3-4H2,1-2H3. The number of nitrogens with one attached hydrogen (secondary N) is 1. The number of aromatic nitrogens is 2. The molecule has 0 atom stereocenters. The molecule has 0 radical (unpaired) electrons. The molecule has 0 aliphatic heterocycles. The summed E-state index contributed by atoms with van der Waals surface area (Å²) >= 11 is 0. The van der Waals surface area contributed by atoms with Crippen molar-refractivity contribution in [3.63, 3.8) is 0 Å². The SMILES string of the molecule is Cn1c(=O)n(C)c2cc(S(=O)(=O)NC3CC3)ccc21. The van der Waals surface area contributed by atoms with Gasteiger partial charge in [0, 0.05) is 20.1 Å². The molecule has 1 saturated carbocycles. The number of hydrogen-bond acceptors (Lipinski definition) is 3. The Hall–Kier alpha value is -1.60. The minimum absolute atomic E-state index is 0.0697. The number of aryl methyl sites for hydroxylation is 2. The summed E-state index contributed by atoms with van der Waals surface area (Å²) in [5.41, 5.74) is 1.17. The van der Waals surface area contributed by atoms with Crippen LogP contribution in [0.3, 0.4) is 0 Å². The molecule has 19 heavy (non-hydrogen) atoms. The highest BCUT2D eigenvalue weighted by Gasteiger charge is 2.28. The van der Waals surface area contributed by atoms with Crippen molar-refractivity contribution in [3.8, 4) is 0 Å². The van der Waals surface area contributed by atoms with Gasteiger partial charge < -0.3 is 0 Å². The molecule has 1 N–H and O–H groups in total. The van der Waals surface area contributed by atoms with E-state index in [2.05, 4.69) is 4.72 Å². The highest BCUT2D eigenvalue weighted by molar-refractivity contribution is 7.89. The van der Waals surface area contributed by atoms with Gasteiger partial charge in [0.05, 0.1) is 15.9 Å². The van der Waals surface area contributed by atoms with Gasteiger partial charge in [0.2, 0.25) is 10.0 Å². The van der Waals surface area contributed by atoms with Gasteiger partial charge in [0.1, 0.15) is 0 Å². The molecular weight excluding hydrogens is 266 g/mol. The molecule has 0 bridgehead atoms. The quantitative estimate of drug-likeness (QED) is 0.880. The van der Waals surface area contributed by atoms with Crippen molar-refractivity contribution >= 4 is 21.1 Å². The Balaban J connectivity index is 2.16.